The molecule has 0 bridgehead atoms. The first-order valence-corrected chi connectivity index (χ1v) is 6.94. The van der Waals surface area contributed by atoms with Gasteiger partial charge in [0.2, 0.25) is 5.91 Å². The first-order chi connectivity index (χ1) is 6.89. The van der Waals surface area contributed by atoms with Crippen LogP contribution in [0.1, 0.15) is 20.3 Å². The minimum absolute atomic E-state index is 0.0837. The number of hydrogen-bond donors (Lipinski definition) is 2. The lowest BCUT2D eigenvalue weighted by Crippen LogP contribution is -2.42. The largest absolute Gasteiger partial charge is 0.351 e. The van der Waals surface area contributed by atoms with Crippen molar-refractivity contribution in [1.29, 1.82) is 0 Å². The van der Waals surface area contributed by atoms with Gasteiger partial charge >= 0.3 is 0 Å². The number of carbonyl (C=O) groups excluding carboxylic acids is 1. The smallest absolute Gasteiger partial charge is 0.234 e. The van der Waals surface area contributed by atoms with Gasteiger partial charge in [0.1, 0.15) is 0 Å². The second-order valence-electron chi connectivity index (χ2n) is 4.20. The van der Waals surface area contributed by atoms with Crippen molar-refractivity contribution >= 4 is 15.7 Å². The molecule has 1 saturated heterocycles. The summed E-state index contributed by atoms with van der Waals surface area (Å²) in [6, 6.07) is 0.0551. The van der Waals surface area contributed by atoms with Gasteiger partial charge in [-0.2, -0.15) is 0 Å². The molecule has 0 radical (unpaired) electrons. The third kappa shape index (κ3) is 4.61. The minimum atomic E-state index is -2.91. The fourth-order valence-electron chi connectivity index (χ4n) is 1.48. The summed E-state index contributed by atoms with van der Waals surface area (Å²) in [6.45, 7) is 4.15. The van der Waals surface area contributed by atoms with Crippen LogP contribution >= 0.6 is 0 Å². The summed E-state index contributed by atoms with van der Waals surface area (Å²) in [6.07, 6.45) is 0.537. The maximum absolute atomic E-state index is 11.3. The highest BCUT2D eigenvalue weighted by Crippen LogP contribution is 2.10. The van der Waals surface area contributed by atoms with E-state index in [1.54, 1.807) is 0 Å². The first-order valence-electron chi connectivity index (χ1n) is 5.12. The molecule has 0 saturated carbocycles. The van der Waals surface area contributed by atoms with Crippen molar-refractivity contribution in [3.05, 3.63) is 0 Å². The fourth-order valence-corrected chi connectivity index (χ4v) is 3.16. The monoisotopic (exact) mass is 234 g/mol. The third-order valence-corrected chi connectivity index (χ3v) is 4.04. The predicted octanol–water partition coefficient (Wildman–Crippen LogP) is -0.712. The van der Waals surface area contributed by atoms with Gasteiger partial charge in [-0.1, -0.05) is 13.8 Å². The summed E-state index contributed by atoms with van der Waals surface area (Å²) in [5.74, 6) is 0.140. The van der Waals surface area contributed by atoms with E-state index in [1.807, 2.05) is 13.8 Å². The Hall–Kier alpha value is -0.620. The molecule has 5 nitrogen and oxygen atoms in total. The molecule has 6 heteroatoms. The van der Waals surface area contributed by atoms with Crippen LogP contribution in [0.3, 0.4) is 0 Å². The Kier molecular flexibility index (Phi) is 4.10. The summed E-state index contributed by atoms with van der Waals surface area (Å²) in [4.78, 5) is 11.3. The fraction of sp³-hybridized carbons (Fsp3) is 0.889. The summed E-state index contributed by atoms with van der Waals surface area (Å²) in [5, 5.41) is 5.69. The average Bonchev–Trinajstić information content (AvgIpc) is 2.42. The van der Waals surface area contributed by atoms with E-state index in [0.717, 1.165) is 0 Å². The molecule has 1 aliphatic heterocycles. The van der Waals surface area contributed by atoms with Gasteiger partial charge in [0.05, 0.1) is 18.1 Å². The molecule has 15 heavy (non-hydrogen) atoms. The summed E-state index contributed by atoms with van der Waals surface area (Å²) in [5.41, 5.74) is 0. The highest BCUT2D eigenvalue weighted by Gasteiger charge is 2.28. The quantitative estimate of drug-likeness (QED) is 0.673. The molecule has 0 aliphatic carbocycles. The molecule has 1 fully saturated rings. The highest BCUT2D eigenvalue weighted by atomic mass is 32.2. The molecule has 0 spiro atoms. The van der Waals surface area contributed by atoms with Crippen LogP contribution in [0.4, 0.5) is 0 Å². The lowest BCUT2D eigenvalue weighted by atomic mass is 10.2. The van der Waals surface area contributed by atoms with Gasteiger partial charge in [0.25, 0.3) is 0 Å². The van der Waals surface area contributed by atoms with E-state index in [0.29, 0.717) is 6.42 Å². The van der Waals surface area contributed by atoms with E-state index < -0.39 is 9.84 Å². The van der Waals surface area contributed by atoms with E-state index in [2.05, 4.69) is 10.6 Å². The van der Waals surface area contributed by atoms with Gasteiger partial charge in [-0.25, -0.2) is 8.42 Å². The first kappa shape index (κ1) is 12.4. The van der Waals surface area contributed by atoms with E-state index in [9.17, 15) is 13.2 Å². The van der Waals surface area contributed by atoms with Crippen molar-refractivity contribution in [1.82, 2.24) is 10.6 Å². The normalized spacial score (nSPS) is 24.3. The molecule has 1 rings (SSSR count). The SMILES string of the molecule is CC(C)NCC(=O)NC1CCS(=O)(=O)C1. The van der Waals surface area contributed by atoms with E-state index in [1.165, 1.54) is 0 Å². The Balaban J connectivity index is 2.28. The molecule has 1 heterocycles. The van der Waals surface area contributed by atoms with Crippen LogP contribution in [0.2, 0.25) is 0 Å². The Morgan fingerprint density at radius 3 is 2.60 bits per heavy atom. The second-order valence-corrected chi connectivity index (χ2v) is 6.43. The van der Waals surface area contributed by atoms with Gasteiger partial charge < -0.3 is 10.6 Å². The molecule has 0 aromatic rings. The number of sulfone groups is 1. The van der Waals surface area contributed by atoms with Gasteiger partial charge in [-0.3, -0.25) is 4.79 Å². The van der Waals surface area contributed by atoms with Gasteiger partial charge in [-0.15, -0.1) is 0 Å². The van der Waals surface area contributed by atoms with E-state index in [4.69, 9.17) is 0 Å². The zero-order valence-electron chi connectivity index (χ0n) is 9.12. The van der Waals surface area contributed by atoms with Crippen molar-refractivity contribution in [2.75, 3.05) is 18.1 Å². The van der Waals surface area contributed by atoms with Crippen LogP contribution in [0.5, 0.6) is 0 Å². The molecule has 1 unspecified atom stereocenters. The Morgan fingerprint density at radius 2 is 2.13 bits per heavy atom. The molecule has 0 aromatic heterocycles. The number of amides is 1. The lowest BCUT2D eigenvalue weighted by molar-refractivity contribution is -0.120. The maximum Gasteiger partial charge on any atom is 0.234 e. The zero-order valence-corrected chi connectivity index (χ0v) is 9.93. The Labute approximate surface area is 90.5 Å². The minimum Gasteiger partial charge on any atom is -0.351 e. The van der Waals surface area contributed by atoms with Gasteiger partial charge in [-0.05, 0) is 6.42 Å². The molecular weight excluding hydrogens is 216 g/mol. The van der Waals surface area contributed by atoms with E-state index >= 15 is 0 Å². The second kappa shape index (κ2) is 4.94. The van der Waals surface area contributed by atoms with Crippen LogP contribution in [0.15, 0.2) is 0 Å². The highest BCUT2D eigenvalue weighted by molar-refractivity contribution is 7.91. The van der Waals surface area contributed by atoms with Crippen LogP contribution in [-0.2, 0) is 14.6 Å². The standard InChI is InChI=1S/C9H18N2O3S/c1-7(2)10-5-9(12)11-8-3-4-15(13,14)6-8/h7-8,10H,3-6H2,1-2H3,(H,11,12). The number of rotatable bonds is 4. The van der Waals surface area contributed by atoms with Crippen molar-refractivity contribution in [3.8, 4) is 0 Å². The summed E-state index contributed by atoms with van der Waals surface area (Å²) in [7, 11) is -2.91. The van der Waals surface area contributed by atoms with Gasteiger partial charge in [0, 0.05) is 12.1 Å². The average molecular weight is 234 g/mol. The van der Waals surface area contributed by atoms with Gasteiger partial charge in [0.15, 0.2) is 9.84 Å². The molecular formula is C9H18N2O3S. The molecule has 0 aromatic carbocycles. The summed E-state index contributed by atoms with van der Waals surface area (Å²) >= 11 is 0. The Bertz CT molecular complexity index is 324. The molecule has 2 N–H and O–H groups in total. The lowest BCUT2D eigenvalue weighted by Gasteiger charge is -2.12. The molecule has 1 amide bonds. The number of carbonyl (C=O) groups is 1. The van der Waals surface area contributed by atoms with Crippen molar-refractivity contribution in [3.63, 3.8) is 0 Å². The predicted molar refractivity (Wildman–Crippen MR) is 58.3 cm³/mol. The van der Waals surface area contributed by atoms with Crippen molar-refractivity contribution in [2.45, 2.75) is 32.4 Å². The number of nitrogens with one attached hydrogen (secondary N) is 2. The van der Waals surface area contributed by atoms with E-state index in [-0.39, 0.29) is 36.0 Å². The van der Waals surface area contributed by atoms with Crippen molar-refractivity contribution in [2.24, 2.45) is 0 Å². The van der Waals surface area contributed by atoms with Crippen LogP contribution in [-0.4, -0.2) is 44.5 Å². The third-order valence-electron chi connectivity index (χ3n) is 2.27. The van der Waals surface area contributed by atoms with Crippen molar-refractivity contribution < 1.29 is 13.2 Å². The molecule has 1 atom stereocenters. The molecule has 88 valence electrons. The number of hydrogen-bond acceptors (Lipinski definition) is 4. The van der Waals surface area contributed by atoms with Crippen LogP contribution in [0, 0.1) is 0 Å². The maximum atomic E-state index is 11.3. The topological polar surface area (TPSA) is 75.3 Å². The van der Waals surface area contributed by atoms with Crippen LogP contribution < -0.4 is 10.6 Å². The molecule has 1 aliphatic rings. The zero-order chi connectivity index (χ0) is 11.5. The summed E-state index contributed by atoms with van der Waals surface area (Å²) < 4.78 is 22.2. The van der Waals surface area contributed by atoms with Crippen LogP contribution in [0.25, 0.3) is 0 Å². The Morgan fingerprint density at radius 1 is 1.47 bits per heavy atom.